The standard InChI is InChI=1S/C12H22N2O2/c1-8(2)9(15)6-11(16)14-10(7-13)12(3,4)5/h8-10,15H,6H2,1-5H3,(H,14,16). The molecule has 0 bridgehead atoms. The molecule has 0 rings (SSSR count). The number of amides is 1. The molecule has 92 valence electrons. The van der Waals surface area contributed by atoms with Gasteiger partial charge in [-0.25, -0.2) is 0 Å². The van der Waals surface area contributed by atoms with E-state index in [0.29, 0.717) is 0 Å². The Kier molecular flexibility index (Phi) is 5.46. The van der Waals surface area contributed by atoms with Gasteiger partial charge in [-0.3, -0.25) is 4.79 Å². The number of nitrogens with one attached hydrogen (secondary N) is 1. The van der Waals surface area contributed by atoms with Gasteiger partial charge in [-0.2, -0.15) is 5.26 Å². The fourth-order valence-electron chi connectivity index (χ4n) is 1.09. The van der Waals surface area contributed by atoms with E-state index in [0.717, 1.165) is 0 Å². The minimum Gasteiger partial charge on any atom is -0.392 e. The molecule has 0 radical (unpaired) electrons. The van der Waals surface area contributed by atoms with Crippen LogP contribution in [0.1, 0.15) is 41.0 Å². The average Bonchev–Trinajstić information content (AvgIpc) is 2.11. The molecule has 2 unspecified atom stereocenters. The van der Waals surface area contributed by atoms with Gasteiger partial charge >= 0.3 is 0 Å². The number of hydrogen-bond donors (Lipinski definition) is 2. The Morgan fingerprint density at radius 3 is 2.25 bits per heavy atom. The number of rotatable bonds is 4. The van der Waals surface area contributed by atoms with Crippen LogP contribution >= 0.6 is 0 Å². The van der Waals surface area contributed by atoms with Crippen molar-refractivity contribution in [2.45, 2.75) is 53.2 Å². The third-order valence-electron chi connectivity index (χ3n) is 2.46. The Hall–Kier alpha value is -1.08. The molecule has 2 N–H and O–H groups in total. The van der Waals surface area contributed by atoms with Crippen LogP contribution in [0.3, 0.4) is 0 Å². The van der Waals surface area contributed by atoms with Crippen molar-refractivity contribution in [3.8, 4) is 6.07 Å². The third-order valence-corrected chi connectivity index (χ3v) is 2.46. The van der Waals surface area contributed by atoms with Gasteiger partial charge in [-0.1, -0.05) is 34.6 Å². The topological polar surface area (TPSA) is 73.1 Å². The van der Waals surface area contributed by atoms with Crippen molar-refractivity contribution in [1.29, 1.82) is 5.26 Å². The van der Waals surface area contributed by atoms with E-state index >= 15 is 0 Å². The summed E-state index contributed by atoms with van der Waals surface area (Å²) in [5.74, 6) is -0.233. The second-order valence-corrected chi connectivity index (χ2v) is 5.51. The molecule has 4 heteroatoms. The second-order valence-electron chi connectivity index (χ2n) is 5.51. The summed E-state index contributed by atoms with van der Waals surface area (Å²) in [4.78, 5) is 11.6. The third kappa shape index (κ3) is 5.13. The minimum atomic E-state index is -0.653. The molecule has 1 amide bonds. The maximum atomic E-state index is 11.6. The van der Waals surface area contributed by atoms with Crippen LogP contribution in [0.25, 0.3) is 0 Å². The molecule has 0 aliphatic carbocycles. The molecule has 0 aromatic rings. The highest BCUT2D eigenvalue weighted by atomic mass is 16.3. The molecule has 0 aliphatic heterocycles. The molecule has 4 nitrogen and oxygen atoms in total. The minimum absolute atomic E-state index is 0.0425. The van der Waals surface area contributed by atoms with E-state index in [9.17, 15) is 9.90 Å². The van der Waals surface area contributed by atoms with Crippen molar-refractivity contribution in [3.63, 3.8) is 0 Å². The van der Waals surface area contributed by atoms with Gasteiger partial charge in [0.25, 0.3) is 0 Å². The maximum absolute atomic E-state index is 11.6. The van der Waals surface area contributed by atoms with E-state index in [1.54, 1.807) is 0 Å². The average molecular weight is 226 g/mol. The lowest BCUT2D eigenvalue weighted by Crippen LogP contribution is -2.43. The predicted octanol–water partition coefficient (Wildman–Crippen LogP) is 1.45. The summed E-state index contributed by atoms with van der Waals surface area (Å²) in [6, 6.07) is 1.53. The number of nitriles is 1. The van der Waals surface area contributed by atoms with Crippen LogP contribution in [-0.4, -0.2) is 23.2 Å². The SMILES string of the molecule is CC(C)C(O)CC(=O)NC(C#N)C(C)(C)C. The summed E-state index contributed by atoms with van der Waals surface area (Å²) >= 11 is 0. The Morgan fingerprint density at radius 1 is 1.44 bits per heavy atom. The molecule has 0 heterocycles. The van der Waals surface area contributed by atoms with E-state index in [2.05, 4.69) is 11.4 Å². The largest absolute Gasteiger partial charge is 0.392 e. The van der Waals surface area contributed by atoms with Gasteiger partial charge in [-0.05, 0) is 11.3 Å². The first-order valence-corrected chi connectivity index (χ1v) is 5.55. The molecule has 0 saturated carbocycles. The summed E-state index contributed by atoms with van der Waals surface area (Å²) < 4.78 is 0. The van der Waals surface area contributed by atoms with Crippen LogP contribution in [-0.2, 0) is 4.79 Å². The van der Waals surface area contributed by atoms with Crippen LogP contribution in [0.5, 0.6) is 0 Å². The summed E-state index contributed by atoms with van der Waals surface area (Å²) in [6.45, 7) is 9.37. The second kappa shape index (κ2) is 5.86. The zero-order chi connectivity index (χ0) is 12.9. The van der Waals surface area contributed by atoms with E-state index in [4.69, 9.17) is 5.26 Å². The number of carbonyl (C=O) groups is 1. The highest BCUT2D eigenvalue weighted by molar-refractivity contribution is 5.77. The summed E-state index contributed by atoms with van der Waals surface area (Å²) in [5.41, 5.74) is -0.298. The molecule has 2 atom stereocenters. The first-order valence-electron chi connectivity index (χ1n) is 5.55. The smallest absolute Gasteiger partial charge is 0.223 e. The lowest BCUT2D eigenvalue weighted by Gasteiger charge is -2.26. The normalized spacial score (nSPS) is 15.4. The Labute approximate surface area is 97.7 Å². The van der Waals surface area contributed by atoms with Crippen LogP contribution in [0.2, 0.25) is 0 Å². The molecular formula is C12H22N2O2. The molecule has 0 aromatic heterocycles. The van der Waals surface area contributed by atoms with Crippen molar-refractivity contribution in [2.24, 2.45) is 11.3 Å². The Bertz CT molecular complexity index is 274. The number of carbonyl (C=O) groups excluding carboxylic acids is 1. The quantitative estimate of drug-likeness (QED) is 0.762. The first-order chi connectivity index (χ1) is 7.18. The predicted molar refractivity (Wildman–Crippen MR) is 62.5 cm³/mol. The molecule has 0 spiro atoms. The fourth-order valence-corrected chi connectivity index (χ4v) is 1.09. The fraction of sp³-hybridized carbons (Fsp3) is 0.833. The van der Waals surface area contributed by atoms with Gasteiger partial charge in [0, 0.05) is 0 Å². The van der Waals surface area contributed by atoms with E-state index in [1.807, 2.05) is 34.6 Å². The van der Waals surface area contributed by atoms with Crippen molar-refractivity contribution in [2.75, 3.05) is 0 Å². The van der Waals surface area contributed by atoms with Crippen LogP contribution in [0.4, 0.5) is 0 Å². The van der Waals surface area contributed by atoms with Gasteiger partial charge in [0.15, 0.2) is 0 Å². The summed E-state index contributed by atoms with van der Waals surface area (Å²) in [6.07, 6.45) is -0.606. The number of nitrogens with zero attached hydrogens (tertiary/aromatic N) is 1. The number of aliphatic hydroxyl groups excluding tert-OH is 1. The highest BCUT2D eigenvalue weighted by Gasteiger charge is 2.26. The highest BCUT2D eigenvalue weighted by Crippen LogP contribution is 2.18. The first kappa shape index (κ1) is 14.9. The van der Waals surface area contributed by atoms with Crippen LogP contribution in [0, 0.1) is 22.7 Å². The number of hydrogen-bond acceptors (Lipinski definition) is 3. The van der Waals surface area contributed by atoms with Crippen LogP contribution in [0.15, 0.2) is 0 Å². The summed E-state index contributed by atoms with van der Waals surface area (Å²) in [7, 11) is 0. The van der Waals surface area contributed by atoms with E-state index < -0.39 is 12.1 Å². The molecule has 0 fully saturated rings. The van der Waals surface area contributed by atoms with Crippen molar-refractivity contribution in [3.05, 3.63) is 0 Å². The molecule has 16 heavy (non-hydrogen) atoms. The zero-order valence-electron chi connectivity index (χ0n) is 10.7. The lowest BCUT2D eigenvalue weighted by molar-refractivity contribution is -0.124. The zero-order valence-corrected chi connectivity index (χ0v) is 10.7. The molecule has 0 aliphatic rings. The Balaban J connectivity index is 4.30. The van der Waals surface area contributed by atoms with E-state index in [-0.39, 0.29) is 23.7 Å². The van der Waals surface area contributed by atoms with Crippen LogP contribution < -0.4 is 5.32 Å². The Morgan fingerprint density at radius 2 is 1.94 bits per heavy atom. The molecule has 0 saturated heterocycles. The van der Waals surface area contributed by atoms with E-state index in [1.165, 1.54) is 0 Å². The molecular weight excluding hydrogens is 204 g/mol. The van der Waals surface area contributed by atoms with Gasteiger partial charge in [0.1, 0.15) is 6.04 Å². The van der Waals surface area contributed by atoms with Crippen molar-refractivity contribution >= 4 is 5.91 Å². The van der Waals surface area contributed by atoms with Gasteiger partial charge < -0.3 is 10.4 Å². The van der Waals surface area contributed by atoms with Crippen molar-refractivity contribution in [1.82, 2.24) is 5.32 Å². The molecule has 0 aromatic carbocycles. The maximum Gasteiger partial charge on any atom is 0.223 e. The van der Waals surface area contributed by atoms with Gasteiger partial charge in [-0.15, -0.1) is 0 Å². The monoisotopic (exact) mass is 226 g/mol. The lowest BCUT2D eigenvalue weighted by atomic mass is 9.87. The summed E-state index contributed by atoms with van der Waals surface area (Å²) in [5, 5.41) is 21.1. The van der Waals surface area contributed by atoms with Gasteiger partial charge in [0.05, 0.1) is 18.6 Å². The number of aliphatic hydroxyl groups is 1. The van der Waals surface area contributed by atoms with Crippen molar-refractivity contribution < 1.29 is 9.90 Å². The van der Waals surface area contributed by atoms with Gasteiger partial charge in [0.2, 0.25) is 5.91 Å².